The number of hydrogen-bond donors (Lipinski definition) is 2. The van der Waals surface area contributed by atoms with Crippen LogP contribution in [-0.4, -0.2) is 31.8 Å². The first-order valence-electron chi connectivity index (χ1n) is 5.71. The van der Waals surface area contributed by atoms with Crippen molar-refractivity contribution in [2.45, 2.75) is 13.1 Å². The van der Waals surface area contributed by atoms with Crippen LogP contribution in [0.15, 0.2) is 24.3 Å². The summed E-state index contributed by atoms with van der Waals surface area (Å²) in [6.07, 6.45) is -4.42. The fraction of sp³-hybridized carbons (Fsp3) is 0.417. The van der Waals surface area contributed by atoms with E-state index in [1.54, 1.807) is 6.07 Å². The summed E-state index contributed by atoms with van der Waals surface area (Å²) in [4.78, 5) is 11.5. The zero-order valence-corrected chi connectivity index (χ0v) is 10.4. The number of amides is 1. The van der Waals surface area contributed by atoms with Crippen molar-refractivity contribution in [1.29, 1.82) is 0 Å². The topological polar surface area (TPSA) is 50.4 Å². The third-order valence-electron chi connectivity index (χ3n) is 2.09. The van der Waals surface area contributed by atoms with Gasteiger partial charge in [-0.2, -0.15) is 13.2 Å². The molecule has 0 aliphatic rings. The lowest BCUT2D eigenvalue weighted by molar-refractivity contribution is -0.153. The maximum absolute atomic E-state index is 12.1. The van der Waals surface area contributed by atoms with Gasteiger partial charge in [-0.05, 0) is 18.7 Å². The van der Waals surface area contributed by atoms with Gasteiger partial charge in [-0.1, -0.05) is 19.1 Å². The highest BCUT2D eigenvalue weighted by atomic mass is 19.4. The molecule has 106 valence electrons. The Hall–Kier alpha value is -1.76. The smallest absolute Gasteiger partial charge is 0.422 e. The number of carbonyl (C=O) groups is 1. The third-order valence-corrected chi connectivity index (χ3v) is 2.09. The molecular formula is C12H15F3N2O2. The molecule has 0 spiro atoms. The van der Waals surface area contributed by atoms with Crippen molar-refractivity contribution < 1.29 is 22.7 Å². The Labute approximate surface area is 108 Å². The molecule has 1 aromatic carbocycles. The van der Waals surface area contributed by atoms with Crippen molar-refractivity contribution in [3.05, 3.63) is 24.3 Å². The van der Waals surface area contributed by atoms with Gasteiger partial charge >= 0.3 is 6.18 Å². The van der Waals surface area contributed by atoms with Gasteiger partial charge < -0.3 is 15.4 Å². The van der Waals surface area contributed by atoms with E-state index in [1.165, 1.54) is 18.2 Å². The molecule has 0 saturated heterocycles. The standard InChI is InChI=1S/C12H15F3N2O2/c1-2-16-7-11(18)17-9-5-3-4-6-10(9)19-8-12(13,14)15/h3-6,16H,2,7-8H2,1H3,(H,17,18). The van der Waals surface area contributed by atoms with E-state index in [9.17, 15) is 18.0 Å². The largest absolute Gasteiger partial charge is 0.482 e. The first kappa shape index (κ1) is 15.3. The zero-order chi connectivity index (χ0) is 14.3. The van der Waals surface area contributed by atoms with Crippen LogP contribution in [0.5, 0.6) is 5.75 Å². The van der Waals surface area contributed by atoms with Crippen molar-refractivity contribution in [3.63, 3.8) is 0 Å². The summed E-state index contributed by atoms with van der Waals surface area (Å²) >= 11 is 0. The van der Waals surface area contributed by atoms with Gasteiger partial charge in [-0.15, -0.1) is 0 Å². The lowest BCUT2D eigenvalue weighted by Gasteiger charge is -2.13. The number of ether oxygens (including phenoxy) is 1. The molecule has 0 heterocycles. The number of hydrogen-bond acceptors (Lipinski definition) is 3. The molecule has 2 N–H and O–H groups in total. The van der Waals surface area contributed by atoms with E-state index >= 15 is 0 Å². The second-order valence-electron chi connectivity index (χ2n) is 3.73. The van der Waals surface area contributed by atoms with Crippen LogP contribution in [0.1, 0.15) is 6.92 Å². The highest BCUT2D eigenvalue weighted by Gasteiger charge is 2.28. The molecule has 0 saturated carbocycles. The summed E-state index contributed by atoms with van der Waals surface area (Å²) in [7, 11) is 0. The summed E-state index contributed by atoms with van der Waals surface area (Å²) in [5.74, 6) is -0.352. The molecule has 7 heteroatoms. The number of nitrogens with one attached hydrogen (secondary N) is 2. The molecule has 0 atom stereocenters. The van der Waals surface area contributed by atoms with Crippen LogP contribution < -0.4 is 15.4 Å². The average molecular weight is 276 g/mol. The predicted octanol–water partition coefficient (Wildman–Crippen LogP) is 2.18. The van der Waals surface area contributed by atoms with Gasteiger partial charge in [0.1, 0.15) is 5.75 Å². The molecule has 19 heavy (non-hydrogen) atoms. The second-order valence-corrected chi connectivity index (χ2v) is 3.73. The van der Waals surface area contributed by atoms with Crippen molar-refractivity contribution in [1.82, 2.24) is 5.32 Å². The van der Waals surface area contributed by atoms with Gasteiger partial charge in [0.15, 0.2) is 6.61 Å². The van der Waals surface area contributed by atoms with Crippen LogP contribution >= 0.6 is 0 Å². The fourth-order valence-corrected chi connectivity index (χ4v) is 1.29. The van der Waals surface area contributed by atoms with E-state index in [4.69, 9.17) is 0 Å². The number of benzene rings is 1. The lowest BCUT2D eigenvalue weighted by Crippen LogP contribution is -2.28. The Kier molecular flexibility index (Phi) is 5.62. The zero-order valence-electron chi connectivity index (χ0n) is 10.4. The summed E-state index contributed by atoms with van der Waals surface area (Å²) in [6.45, 7) is 1.16. The molecule has 4 nitrogen and oxygen atoms in total. The van der Waals surface area contributed by atoms with Gasteiger partial charge in [-0.25, -0.2) is 0 Å². The summed E-state index contributed by atoms with van der Waals surface area (Å²) in [5, 5.41) is 5.30. The van der Waals surface area contributed by atoms with E-state index in [0.717, 1.165) is 0 Å². The first-order chi connectivity index (χ1) is 8.92. The number of anilines is 1. The van der Waals surface area contributed by atoms with Crippen molar-refractivity contribution in [3.8, 4) is 5.75 Å². The number of rotatable bonds is 6. The molecule has 0 fully saturated rings. The van der Waals surface area contributed by atoms with Gasteiger partial charge in [0.05, 0.1) is 12.2 Å². The molecule has 1 amide bonds. The molecule has 0 radical (unpaired) electrons. The van der Waals surface area contributed by atoms with E-state index < -0.39 is 12.8 Å². The summed E-state index contributed by atoms with van der Waals surface area (Å²) < 4.78 is 40.9. The van der Waals surface area contributed by atoms with Crippen molar-refractivity contribution >= 4 is 11.6 Å². The van der Waals surface area contributed by atoms with Crippen LogP contribution in [0, 0.1) is 0 Å². The molecular weight excluding hydrogens is 261 g/mol. The number of halogens is 3. The monoisotopic (exact) mass is 276 g/mol. The van der Waals surface area contributed by atoms with E-state index in [2.05, 4.69) is 15.4 Å². The fourth-order valence-electron chi connectivity index (χ4n) is 1.29. The molecule has 0 aromatic heterocycles. The number of likely N-dealkylation sites (N-methyl/N-ethyl adjacent to an activating group) is 1. The third kappa shape index (κ3) is 6.10. The number of carbonyl (C=O) groups excluding carboxylic acids is 1. The Morgan fingerprint density at radius 1 is 1.32 bits per heavy atom. The highest BCUT2D eigenvalue weighted by Crippen LogP contribution is 2.26. The number of para-hydroxylation sites is 2. The summed E-state index contributed by atoms with van der Waals surface area (Å²) in [6, 6.07) is 5.99. The van der Waals surface area contributed by atoms with Crippen LogP contribution in [0.25, 0.3) is 0 Å². The molecule has 1 aromatic rings. The van der Waals surface area contributed by atoms with Crippen LogP contribution in [0.4, 0.5) is 18.9 Å². The average Bonchev–Trinajstić information content (AvgIpc) is 2.34. The Morgan fingerprint density at radius 3 is 2.63 bits per heavy atom. The number of alkyl halides is 3. The summed E-state index contributed by atoms with van der Waals surface area (Å²) in [5.41, 5.74) is 0.217. The Balaban J connectivity index is 2.65. The molecule has 0 bridgehead atoms. The van der Waals surface area contributed by atoms with Crippen molar-refractivity contribution in [2.24, 2.45) is 0 Å². The van der Waals surface area contributed by atoms with E-state index in [-0.39, 0.29) is 23.9 Å². The van der Waals surface area contributed by atoms with Gasteiger partial charge in [0.25, 0.3) is 0 Å². The SMILES string of the molecule is CCNCC(=O)Nc1ccccc1OCC(F)(F)F. The second kappa shape index (κ2) is 6.98. The van der Waals surface area contributed by atoms with E-state index in [1.807, 2.05) is 6.92 Å². The van der Waals surface area contributed by atoms with Crippen LogP contribution in [0.3, 0.4) is 0 Å². The molecule has 0 aliphatic carbocycles. The Morgan fingerprint density at radius 2 is 2.00 bits per heavy atom. The minimum Gasteiger partial charge on any atom is -0.482 e. The normalized spacial score (nSPS) is 11.2. The van der Waals surface area contributed by atoms with Gasteiger partial charge in [0, 0.05) is 0 Å². The first-order valence-corrected chi connectivity index (χ1v) is 5.71. The minimum absolute atomic E-state index is 0.00956. The molecule has 0 unspecified atom stereocenters. The Bertz CT molecular complexity index is 422. The van der Waals surface area contributed by atoms with Crippen LogP contribution in [0.2, 0.25) is 0 Å². The minimum atomic E-state index is -4.42. The maximum atomic E-state index is 12.1. The predicted molar refractivity (Wildman–Crippen MR) is 65.2 cm³/mol. The van der Waals surface area contributed by atoms with Crippen molar-refractivity contribution in [2.75, 3.05) is 25.0 Å². The molecule has 1 rings (SSSR count). The van der Waals surface area contributed by atoms with E-state index in [0.29, 0.717) is 6.54 Å². The maximum Gasteiger partial charge on any atom is 0.422 e. The van der Waals surface area contributed by atoms with Crippen LogP contribution in [-0.2, 0) is 4.79 Å². The lowest BCUT2D eigenvalue weighted by atomic mass is 10.3. The van der Waals surface area contributed by atoms with Gasteiger partial charge in [0.2, 0.25) is 5.91 Å². The molecule has 0 aliphatic heterocycles. The highest BCUT2D eigenvalue weighted by molar-refractivity contribution is 5.93. The quantitative estimate of drug-likeness (QED) is 0.837. The van der Waals surface area contributed by atoms with Gasteiger partial charge in [-0.3, -0.25) is 4.79 Å².